The van der Waals surface area contributed by atoms with Gasteiger partial charge < -0.3 is 14.8 Å². The number of aromatic nitrogens is 1. The molecule has 2 aromatic rings. The molecule has 1 amide bonds. The van der Waals surface area contributed by atoms with Gasteiger partial charge in [-0.3, -0.25) is 4.79 Å². The van der Waals surface area contributed by atoms with Crippen LogP contribution in [0.1, 0.15) is 27.7 Å². The van der Waals surface area contributed by atoms with Crippen LogP contribution in [0.5, 0.6) is 5.75 Å². The van der Waals surface area contributed by atoms with Crippen LogP contribution in [0, 0.1) is 13.8 Å². The van der Waals surface area contributed by atoms with Crippen molar-refractivity contribution in [2.45, 2.75) is 20.4 Å². The summed E-state index contributed by atoms with van der Waals surface area (Å²) >= 11 is 0. The van der Waals surface area contributed by atoms with Crippen molar-refractivity contribution in [1.82, 2.24) is 10.3 Å². The van der Waals surface area contributed by atoms with E-state index in [0.717, 1.165) is 0 Å². The zero-order valence-electron chi connectivity index (χ0n) is 10.2. The number of phenols is 1. The number of phenolic OH excluding ortho intramolecular Hbond substituents is 1. The van der Waals surface area contributed by atoms with Gasteiger partial charge in [-0.25, -0.2) is 4.98 Å². The van der Waals surface area contributed by atoms with E-state index in [1.165, 1.54) is 0 Å². The minimum atomic E-state index is -0.337. The Balaban J connectivity index is 2.05. The van der Waals surface area contributed by atoms with Crippen molar-refractivity contribution >= 4 is 5.91 Å². The van der Waals surface area contributed by atoms with E-state index in [0.29, 0.717) is 17.1 Å². The van der Waals surface area contributed by atoms with Gasteiger partial charge in [0, 0.05) is 19.0 Å². The molecule has 1 aromatic carbocycles. The SMILES string of the molecule is Cc1nc(C)c(C(=O)NCc2ccccc2O)o1. The number of para-hydroxylation sites is 1. The molecule has 2 rings (SSSR count). The minimum absolute atomic E-state index is 0.156. The van der Waals surface area contributed by atoms with Crippen LogP contribution >= 0.6 is 0 Å². The fraction of sp³-hybridized carbons (Fsp3) is 0.231. The Bertz CT molecular complexity index is 575. The number of rotatable bonds is 3. The fourth-order valence-corrected chi connectivity index (χ4v) is 1.66. The van der Waals surface area contributed by atoms with E-state index in [-0.39, 0.29) is 24.0 Å². The molecule has 0 aliphatic rings. The maximum atomic E-state index is 11.8. The molecule has 2 N–H and O–H groups in total. The van der Waals surface area contributed by atoms with Crippen molar-refractivity contribution in [3.8, 4) is 5.75 Å². The quantitative estimate of drug-likeness (QED) is 0.867. The summed E-state index contributed by atoms with van der Waals surface area (Å²) in [5, 5.41) is 12.2. The summed E-state index contributed by atoms with van der Waals surface area (Å²) in [5.41, 5.74) is 1.21. The highest BCUT2D eigenvalue weighted by Crippen LogP contribution is 2.15. The van der Waals surface area contributed by atoms with Crippen LogP contribution in [0.4, 0.5) is 0 Å². The summed E-state index contributed by atoms with van der Waals surface area (Å²) in [7, 11) is 0. The topological polar surface area (TPSA) is 75.4 Å². The van der Waals surface area contributed by atoms with Gasteiger partial charge in [-0.1, -0.05) is 18.2 Å². The molecular weight excluding hydrogens is 232 g/mol. The first kappa shape index (κ1) is 12.2. The first-order valence-electron chi connectivity index (χ1n) is 5.57. The lowest BCUT2D eigenvalue weighted by Gasteiger charge is -2.05. The number of aromatic hydroxyl groups is 1. The molecule has 0 fully saturated rings. The van der Waals surface area contributed by atoms with Crippen LogP contribution in [-0.2, 0) is 6.54 Å². The van der Waals surface area contributed by atoms with Crippen molar-refractivity contribution in [3.63, 3.8) is 0 Å². The lowest BCUT2D eigenvalue weighted by atomic mass is 10.2. The summed E-state index contributed by atoms with van der Waals surface area (Å²) in [6.07, 6.45) is 0. The molecule has 5 nitrogen and oxygen atoms in total. The Morgan fingerprint density at radius 1 is 1.39 bits per heavy atom. The van der Waals surface area contributed by atoms with Crippen molar-refractivity contribution in [1.29, 1.82) is 0 Å². The van der Waals surface area contributed by atoms with Gasteiger partial charge in [0.05, 0.1) is 5.69 Å². The highest BCUT2D eigenvalue weighted by atomic mass is 16.4. The Hall–Kier alpha value is -2.30. The van der Waals surface area contributed by atoms with Gasteiger partial charge in [0.15, 0.2) is 5.89 Å². The van der Waals surface area contributed by atoms with Crippen molar-refractivity contribution in [2.75, 3.05) is 0 Å². The van der Waals surface area contributed by atoms with Crippen LogP contribution in [-0.4, -0.2) is 16.0 Å². The second kappa shape index (κ2) is 4.91. The average molecular weight is 246 g/mol. The van der Waals surface area contributed by atoms with Gasteiger partial charge >= 0.3 is 0 Å². The van der Waals surface area contributed by atoms with Crippen LogP contribution < -0.4 is 5.32 Å². The van der Waals surface area contributed by atoms with E-state index in [2.05, 4.69) is 10.3 Å². The third kappa shape index (κ3) is 2.51. The van der Waals surface area contributed by atoms with Gasteiger partial charge in [-0.15, -0.1) is 0 Å². The number of nitrogens with zero attached hydrogens (tertiary/aromatic N) is 1. The molecule has 1 aromatic heterocycles. The van der Waals surface area contributed by atoms with E-state index in [9.17, 15) is 9.90 Å². The van der Waals surface area contributed by atoms with Gasteiger partial charge in [0.25, 0.3) is 5.91 Å². The predicted octanol–water partition coefficient (Wildman–Crippen LogP) is 1.93. The van der Waals surface area contributed by atoms with Crippen molar-refractivity contribution in [2.24, 2.45) is 0 Å². The summed E-state index contributed by atoms with van der Waals surface area (Å²) < 4.78 is 5.21. The van der Waals surface area contributed by atoms with Crippen LogP contribution in [0.2, 0.25) is 0 Å². The molecule has 0 saturated heterocycles. The second-order valence-corrected chi connectivity index (χ2v) is 3.96. The Morgan fingerprint density at radius 3 is 2.72 bits per heavy atom. The molecule has 1 heterocycles. The Labute approximate surface area is 104 Å². The van der Waals surface area contributed by atoms with E-state index in [1.807, 2.05) is 0 Å². The maximum absolute atomic E-state index is 11.8. The third-order valence-electron chi connectivity index (χ3n) is 2.54. The standard InChI is InChI=1S/C13H14N2O3/c1-8-12(18-9(2)15-8)13(17)14-7-10-5-3-4-6-11(10)16/h3-6,16H,7H2,1-2H3,(H,14,17). The predicted molar refractivity (Wildman–Crippen MR) is 65.3 cm³/mol. The number of aryl methyl sites for hydroxylation is 2. The van der Waals surface area contributed by atoms with Crippen LogP contribution in [0.3, 0.4) is 0 Å². The summed E-state index contributed by atoms with van der Waals surface area (Å²) in [6.45, 7) is 3.64. The number of benzene rings is 1. The number of nitrogens with one attached hydrogen (secondary N) is 1. The van der Waals surface area contributed by atoms with E-state index in [4.69, 9.17) is 4.42 Å². The summed E-state index contributed by atoms with van der Waals surface area (Å²) in [5.74, 6) is 0.489. The maximum Gasteiger partial charge on any atom is 0.289 e. The highest BCUT2D eigenvalue weighted by molar-refractivity contribution is 5.92. The van der Waals surface area contributed by atoms with Crippen LogP contribution in [0.15, 0.2) is 28.7 Å². The zero-order chi connectivity index (χ0) is 13.1. The first-order chi connectivity index (χ1) is 8.58. The molecular formula is C13H14N2O3. The summed E-state index contributed by atoms with van der Waals surface area (Å²) in [6, 6.07) is 6.84. The number of oxazole rings is 1. The van der Waals surface area contributed by atoms with Crippen LogP contribution in [0.25, 0.3) is 0 Å². The molecule has 0 bridgehead atoms. The monoisotopic (exact) mass is 246 g/mol. The Morgan fingerprint density at radius 2 is 2.11 bits per heavy atom. The molecule has 5 heteroatoms. The molecule has 0 spiro atoms. The Kier molecular flexibility index (Phi) is 3.32. The largest absolute Gasteiger partial charge is 0.508 e. The molecule has 0 aliphatic heterocycles. The number of hydrogen-bond acceptors (Lipinski definition) is 4. The van der Waals surface area contributed by atoms with Gasteiger partial charge in [-0.05, 0) is 13.0 Å². The lowest BCUT2D eigenvalue weighted by Crippen LogP contribution is -2.23. The van der Waals surface area contributed by atoms with Gasteiger partial charge in [0.1, 0.15) is 5.75 Å². The first-order valence-corrected chi connectivity index (χ1v) is 5.57. The summed E-state index contributed by atoms with van der Waals surface area (Å²) in [4.78, 5) is 15.9. The normalized spacial score (nSPS) is 10.3. The molecule has 94 valence electrons. The van der Waals surface area contributed by atoms with E-state index >= 15 is 0 Å². The molecule has 0 unspecified atom stereocenters. The molecule has 18 heavy (non-hydrogen) atoms. The number of carbonyl (C=O) groups excluding carboxylic acids is 1. The smallest absolute Gasteiger partial charge is 0.289 e. The minimum Gasteiger partial charge on any atom is -0.508 e. The number of carbonyl (C=O) groups is 1. The molecule has 0 atom stereocenters. The zero-order valence-corrected chi connectivity index (χ0v) is 10.2. The molecule has 0 radical (unpaired) electrons. The van der Waals surface area contributed by atoms with Crippen molar-refractivity contribution in [3.05, 3.63) is 47.2 Å². The third-order valence-corrected chi connectivity index (χ3v) is 2.54. The second-order valence-electron chi connectivity index (χ2n) is 3.96. The van der Waals surface area contributed by atoms with E-state index < -0.39 is 0 Å². The number of hydrogen-bond donors (Lipinski definition) is 2. The molecule has 0 aliphatic carbocycles. The molecule has 0 saturated carbocycles. The lowest BCUT2D eigenvalue weighted by molar-refractivity contribution is 0.0921. The van der Waals surface area contributed by atoms with E-state index in [1.54, 1.807) is 38.1 Å². The average Bonchev–Trinajstić information content (AvgIpc) is 2.67. The van der Waals surface area contributed by atoms with Gasteiger partial charge in [0.2, 0.25) is 5.76 Å². The van der Waals surface area contributed by atoms with Crippen molar-refractivity contribution < 1.29 is 14.3 Å². The fourth-order valence-electron chi connectivity index (χ4n) is 1.66. The van der Waals surface area contributed by atoms with Gasteiger partial charge in [-0.2, -0.15) is 0 Å². The number of amides is 1. The highest BCUT2D eigenvalue weighted by Gasteiger charge is 2.15.